The summed E-state index contributed by atoms with van der Waals surface area (Å²) in [6, 6.07) is 0. The fourth-order valence-corrected chi connectivity index (χ4v) is 2.41. The van der Waals surface area contributed by atoms with Crippen LogP contribution in [0.15, 0.2) is 6.20 Å². The Bertz CT molecular complexity index is 287. The molecular formula is C11H21N3OS. The van der Waals surface area contributed by atoms with Crippen LogP contribution in [0.3, 0.4) is 0 Å². The van der Waals surface area contributed by atoms with E-state index >= 15 is 0 Å². The Morgan fingerprint density at radius 1 is 1.44 bits per heavy atom. The molecule has 0 saturated carbocycles. The molecule has 0 amide bonds. The first kappa shape index (κ1) is 13.4. The lowest BCUT2D eigenvalue weighted by molar-refractivity contribution is 0.199. The SMILES string of the molecule is CCN(CC)c1ncc(CNCCOC)s1. The summed E-state index contributed by atoms with van der Waals surface area (Å²) in [6.45, 7) is 8.85. The van der Waals surface area contributed by atoms with Gasteiger partial charge in [0, 0.05) is 44.4 Å². The maximum atomic E-state index is 4.98. The molecule has 0 radical (unpaired) electrons. The third-order valence-corrected chi connectivity index (χ3v) is 3.42. The number of ether oxygens (including phenoxy) is 1. The van der Waals surface area contributed by atoms with E-state index in [9.17, 15) is 0 Å². The predicted molar refractivity (Wildman–Crippen MR) is 69.3 cm³/mol. The third-order valence-electron chi connectivity index (χ3n) is 2.36. The molecule has 5 heteroatoms. The number of rotatable bonds is 8. The van der Waals surface area contributed by atoms with E-state index in [1.807, 2.05) is 6.20 Å². The molecule has 1 N–H and O–H groups in total. The number of thiazole rings is 1. The summed E-state index contributed by atoms with van der Waals surface area (Å²) in [5.74, 6) is 0. The molecule has 16 heavy (non-hydrogen) atoms. The smallest absolute Gasteiger partial charge is 0.185 e. The molecule has 0 aliphatic carbocycles. The van der Waals surface area contributed by atoms with E-state index in [1.54, 1.807) is 18.4 Å². The molecule has 0 unspecified atom stereocenters. The molecule has 1 aromatic heterocycles. The van der Waals surface area contributed by atoms with Crippen molar-refractivity contribution < 1.29 is 4.74 Å². The van der Waals surface area contributed by atoms with Crippen molar-refractivity contribution in [1.29, 1.82) is 0 Å². The van der Waals surface area contributed by atoms with E-state index in [0.29, 0.717) is 0 Å². The maximum absolute atomic E-state index is 4.98. The standard InChI is InChI=1S/C11H21N3OS/c1-4-14(5-2)11-13-9-10(16-11)8-12-6-7-15-3/h9,12H,4-8H2,1-3H3. The first-order valence-corrected chi connectivity index (χ1v) is 6.52. The van der Waals surface area contributed by atoms with Gasteiger partial charge >= 0.3 is 0 Å². The van der Waals surface area contributed by atoms with Crippen LogP contribution in [0.2, 0.25) is 0 Å². The van der Waals surface area contributed by atoms with Crippen molar-refractivity contribution in [2.75, 3.05) is 38.3 Å². The Morgan fingerprint density at radius 2 is 2.19 bits per heavy atom. The van der Waals surface area contributed by atoms with Crippen LogP contribution in [0.5, 0.6) is 0 Å². The highest BCUT2D eigenvalue weighted by molar-refractivity contribution is 7.15. The summed E-state index contributed by atoms with van der Waals surface area (Å²) in [7, 11) is 1.72. The minimum Gasteiger partial charge on any atom is -0.383 e. The predicted octanol–water partition coefficient (Wildman–Crippen LogP) is 1.73. The summed E-state index contributed by atoms with van der Waals surface area (Å²) in [5.41, 5.74) is 0. The van der Waals surface area contributed by atoms with Crippen LogP contribution in [0.4, 0.5) is 5.13 Å². The number of nitrogens with zero attached hydrogens (tertiary/aromatic N) is 2. The fraction of sp³-hybridized carbons (Fsp3) is 0.727. The lowest BCUT2D eigenvalue weighted by Gasteiger charge is -2.16. The fourth-order valence-electron chi connectivity index (χ4n) is 1.41. The normalized spacial score (nSPS) is 10.7. The highest BCUT2D eigenvalue weighted by Gasteiger charge is 2.06. The molecule has 0 atom stereocenters. The molecule has 0 saturated heterocycles. The Labute approximate surface area is 102 Å². The van der Waals surface area contributed by atoms with E-state index in [0.717, 1.165) is 37.9 Å². The second-order valence-corrected chi connectivity index (χ2v) is 4.54. The number of hydrogen-bond acceptors (Lipinski definition) is 5. The summed E-state index contributed by atoms with van der Waals surface area (Å²) in [5, 5.41) is 4.44. The topological polar surface area (TPSA) is 37.4 Å². The average Bonchev–Trinajstić information content (AvgIpc) is 2.75. The third kappa shape index (κ3) is 4.08. The van der Waals surface area contributed by atoms with Crippen molar-refractivity contribution in [2.24, 2.45) is 0 Å². The van der Waals surface area contributed by atoms with E-state index in [-0.39, 0.29) is 0 Å². The van der Waals surface area contributed by atoms with Crippen molar-refractivity contribution in [1.82, 2.24) is 10.3 Å². The maximum Gasteiger partial charge on any atom is 0.185 e. The molecule has 0 fully saturated rings. The van der Waals surface area contributed by atoms with Crippen LogP contribution in [0.1, 0.15) is 18.7 Å². The molecule has 1 aromatic rings. The molecule has 0 aliphatic rings. The number of methoxy groups -OCH3 is 1. The molecule has 0 aliphatic heterocycles. The molecule has 1 rings (SSSR count). The van der Waals surface area contributed by atoms with Crippen molar-refractivity contribution in [2.45, 2.75) is 20.4 Å². The lowest BCUT2D eigenvalue weighted by atomic mass is 10.5. The number of hydrogen-bond donors (Lipinski definition) is 1. The molecule has 4 nitrogen and oxygen atoms in total. The zero-order chi connectivity index (χ0) is 11.8. The molecular weight excluding hydrogens is 222 g/mol. The van der Waals surface area contributed by atoms with E-state index < -0.39 is 0 Å². The van der Waals surface area contributed by atoms with E-state index in [2.05, 4.69) is 29.0 Å². The van der Waals surface area contributed by atoms with Crippen LogP contribution in [-0.4, -0.2) is 38.3 Å². The molecule has 0 aromatic carbocycles. The van der Waals surface area contributed by atoms with Crippen LogP contribution in [0, 0.1) is 0 Å². The minimum atomic E-state index is 0.752. The van der Waals surface area contributed by atoms with Gasteiger partial charge in [-0.2, -0.15) is 0 Å². The van der Waals surface area contributed by atoms with Crippen LogP contribution in [-0.2, 0) is 11.3 Å². The Balaban J connectivity index is 2.38. The van der Waals surface area contributed by atoms with Crippen LogP contribution >= 0.6 is 11.3 Å². The molecule has 92 valence electrons. The van der Waals surface area contributed by atoms with Crippen LogP contribution < -0.4 is 10.2 Å². The Hall–Kier alpha value is -0.650. The van der Waals surface area contributed by atoms with Crippen molar-refractivity contribution in [3.8, 4) is 0 Å². The van der Waals surface area contributed by atoms with Gasteiger partial charge < -0.3 is 15.0 Å². The lowest BCUT2D eigenvalue weighted by Crippen LogP contribution is -2.21. The van der Waals surface area contributed by atoms with Gasteiger partial charge in [-0.15, -0.1) is 11.3 Å². The Kier molecular flexibility index (Phi) is 6.37. The molecule has 0 spiro atoms. The highest BCUT2D eigenvalue weighted by atomic mass is 32.1. The largest absolute Gasteiger partial charge is 0.383 e. The van der Waals surface area contributed by atoms with Gasteiger partial charge in [0.05, 0.1) is 6.61 Å². The van der Waals surface area contributed by atoms with Crippen molar-refractivity contribution in [3.63, 3.8) is 0 Å². The number of nitrogens with one attached hydrogen (secondary N) is 1. The van der Waals surface area contributed by atoms with Gasteiger partial charge in [-0.25, -0.2) is 4.98 Å². The summed E-state index contributed by atoms with van der Waals surface area (Å²) in [6.07, 6.45) is 1.96. The molecule has 1 heterocycles. The van der Waals surface area contributed by atoms with Crippen molar-refractivity contribution in [3.05, 3.63) is 11.1 Å². The van der Waals surface area contributed by atoms with Gasteiger partial charge in [0.15, 0.2) is 5.13 Å². The number of aromatic nitrogens is 1. The van der Waals surface area contributed by atoms with E-state index in [1.165, 1.54) is 4.88 Å². The second-order valence-electron chi connectivity index (χ2n) is 3.45. The average molecular weight is 243 g/mol. The molecule has 0 bridgehead atoms. The quantitative estimate of drug-likeness (QED) is 0.706. The van der Waals surface area contributed by atoms with Gasteiger partial charge in [-0.3, -0.25) is 0 Å². The summed E-state index contributed by atoms with van der Waals surface area (Å²) < 4.78 is 4.98. The summed E-state index contributed by atoms with van der Waals surface area (Å²) >= 11 is 1.76. The van der Waals surface area contributed by atoms with Gasteiger partial charge in [-0.1, -0.05) is 0 Å². The van der Waals surface area contributed by atoms with Gasteiger partial charge in [-0.05, 0) is 13.8 Å². The second kappa shape index (κ2) is 7.60. The number of anilines is 1. The van der Waals surface area contributed by atoms with E-state index in [4.69, 9.17) is 4.74 Å². The van der Waals surface area contributed by atoms with Crippen molar-refractivity contribution >= 4 is 16.5 Å². The van der Waals surface area contributed by atoms with Gasteiger partial charge in [0.1, 0.15) is 0 Å². The zero-order valence-corrected chi connectivity index (χ0v) is 11.1. The summed E-state index contributed by atoms with van der Waals surface area (Å²) in [4.78, 5) is 7.97. The highest BCUT2D eigenvalue weighted by Crippen LogP contribution is 2.21. The first-order chi connectivity index (χ1) is 7.81. The monoisotopic (exact) mass is 243 g/mol. The zero-order valence-electron chi connectivity index (χ0n) is 10.3. The van der Waals surface area contributed by atoms with Gasteiger partial charge in [0.2, 0.25) is 0 Å². The minimum absolute atomic E-state index is 0.752. The van der Waals surface area contributed by atoms with Gasteiger partial charge in [0.25, 0.3) is 0 Å². The first-order valence-electron chi connectivity index (χ1n) is 5.71. The van der Waals surface area contributed by atoms with Crippen LogP contribution in [0.25, 0.3) is 0 Å². The Morgan fingerprint density at radius 3 is 2.81 bits per heavy atom.